The van der Waals surface area contributed by atoms with E-state index in [0.29, 0.717) is 17.8 Å². The first kappa shape index (κ1) is 13.6. The van der Waals surface area contributed by atoms with Crippen LogP contribution in [0.5, 0.6) is 0 Å². The van der Waals surface area contributed by atoms with Crippen molar-refractivity contribution in [2.75, 3.05) is 5.32 Å². The second-order valence-corrected chi connectivity index (χ2v) is 4.27. The molecule has 0 unspecified atom stereocenters. The molecule has 0 fully saturated rings. The van der Waals surface area contributed by atoms with Crippen molar-refractivity contribution < 1.29 is 9.59 Å². The van der Waals surface area contributed by atoms with Gasteiger partial charge < -0.3 is 16.4 Å². The van der Waals surface area contributed by atoms with Gasteiger partial charge in [-0.05, 0) is 31.2 Å². The SMILES string of the molecule is Cc1[nH]ncc1CNC(=O)c1ccc(NC(N)=O)cc1. The molecule has 2 rings (SSSR count). The van der Waals surface area contributed by atoms with E-state index in [1.54, 1.807) is 30.5 Å². The van der Waals surface area contributed by atoms with Crippen LogP contribution in [0.4, 0.5) is 10.5 Å². The number of benzene rings is 1. The summed E-state index contributed by atoms with van der Waals surface area (Å²) >= 11 is 0. The van der Waals surface area contributed by atoms with Crippen molar-refractivity contribution in [3.8, 4) is 0 Å². The number of nitrogens with one attached hydrogen (secondary N) is 3. The fraction of sp³-hybridized carbons (Fsp3) is 0.154. The Morgan fingerprint density at radius 1 is 1.30 bits per heavy atom. The number of hydrogen-bond acceptors (Lipinski definition) is 3. The summed E-state index contributed by atoms with van der Waals surface area (Å²) < 4.78 is 0. The van der Waals surface area contributed by atoms with Crippen LogP contribution in [0.1, 0.15) is 21.6 Å². The highest BCUT2D eigenvalue weighted by molar-refractivity contribution is 5.95. The maximum absolute atomic E-state index is 11.9. The lowest BCUT2D eigenvalue weighted by molar-refractivity contribution is 0.0951. The first-order valence-corrected chi connectivity index (χ1v) is 6.00. The van der Waals surface area contributed by atoms with Gasteiger partial charge in [-0.3, -0.25) is 9.89 Å². The van der Waals surface area contributed by atoms with Gasteiger partial charge in [0.2, 0.25) is 0 Å². The molecule has 0 spiro atoms. The minimum absolute atomic E-state index is 0.198. The van der Waals surface area contributed by atoms with Crippen molar-refractivity contribution in [3.63, 3.8) is 0 Å². The lowest BCUT2D eigenvalue weighted by atomic mass is 10.2. The zero-order valence-electron chi connectivity index (χ0n) is 10.9. The van der Waals surface area contributed by atoms with Crippen LogP contribution in [0, 0.1) is 6.92 Å². The minimum atomic E-state index is -0.641. The number of primary amides is 1. The second-order valence-electron chi connectivity index (χ2n) is 4.27. The quantitative estimate of drug-likeness (QED) is 0.669. The van der Waals surface area contributed by atoms with E-state index in [1.807, 2.05) is 6.92 Å². The normalized spacial score (nSPS) is 10.1. The number of urea groups is 1. The van der Waals surface area contributed by atoms with Gasteiger partial charge in [-0.2, -0.15) is 5.10 Å². The molecule has 1 heterocycles. The van der Waals surface area contributed by atoms with Crippen LogP contribution >= 0.6 is 0 Å². The number of anilines is 1. The molecule has 0 aliphatic heterocycles. The summed E-state index contributed by atoms with van der Waals surface area (Å²) in [5, 5.41) is 11.9. The van der Waals surface area contributed by atoms with E-state index in [2.05, 4.69) is 20.8 Å². The van der Waals surface area contributed by atoms with Crippen LogP contribution in [0.15, 0.2) is 30.5 Å². The maximum atomic E-state index is 11.9. The van der Waals surface area contributed by atoms with E-state index in [-0.39, 0.29) is 5.91 Å². The summed E-state index contributed by atoms with van der Waals surface area (Å²) in [6.07, 6.45) is 1.68. The zero-order chi connectivity index (χ0) is 14.5. The summed E-state index contributed by atoms with van der Waals surface area (Å²) in [6.45, 7) is 2.29. The molecule has 0 saturated carbocycles. The fourth-order valence-electron chi connectivity index (χ4n) is 1.68. The van der Waals surface area contributed by atoms with Gasteiger partial charge in [0.25, 0.3) is 5.91 Å². The number of carbonyl (C=O) groups excluding carboxylic acids is 2. The van der Waals surface area contributed by atoms with E-state index in [1.165, 1.54) is 0 Å². The Bertz CT molecular complexity index is 618. The highest BCUT2D eigenvalue weighted by Gasteiger charge is 2.07. The van der Waals surface area contributed by atoms with Gasteiger partial charge in [0.1, 0.15) is 0 Å². The Morgan fingerprint density at radius 2 is 2.00 bits per heavy atom. The molecule has 20 heavy (non-hydrogen) atoms. The zero-order valence-corrected chi connectivity index (χ0v) is 10.9. The smallest absolute Gasteiger partial charge is 0.316 e. The Balaban J connectivity index is 1.95. The molecule has 0 atom stereocenters. The van der Waals surface area contributed by atoms with Crippen molar-refractivity contribution in [2.45, 2.75) is 13.5 Å². The number of amides is 3. The maximum Gasteiger partial charge on any atom is 0.316 e. The highest BCUT2D eigenvalue weighted by atomic mass is 16.2. The molecule has 3 amide bonds. The second kappa shape index (κ2) is 5.87. The Hall–Kier alpha value is -2.83. The molecular weight excluding hydrogens is 258 g/mol. The number of aromatic amines is 1. The van der Waals surface area contributed by atoms with Crippen molar-refractivity contribution in [2.24, 2.45) is 5.73 Å². The predicted molar refractivity (Wildman–Crippen MR) is 74.1 cm³/mol. The average molecular weight is 273 g/mol. The largest absolute Gasteiger partial charge is 0.351 e. The number of hydrogen-bond donors (Lipinski definition) is 4. The summed E-state index contributed by atoms with van der Waals surface area (Å²) in [5.41, 5.74) is 7.90. The van der Waals surface area contributed by atoms with E-state index in [4.69, 9.17) is 5.73 Å². The molecule has 1 aromatic carbocycles. The van der Waals surface area contributed by atoms with Crippen molar-refractivity contribution in [3.05, 3.63) is 47.3 Å². The molecular formula is C13H15N5O2. The topological polar surface area (TPSA) is 113 Å². The van der Waals surface area contributed by atoms with Crippen LogP contribution in [0.2, 0.25) is 0 Å². The van der Waals surface area contributed by atoms with E-state index >= 15 is 0 Å². The van der Waals surface area contributed by atoms with Gasteiger partial charge in [0.05, 0.1) is 6.20 Å². The van der Waals surface area contributed by atoms with Gasteiger partial charge in [0, 0.05) is 29.1 Å². The Morgan fingerprint density at radius 3 is 2.55 bits per heavy atom. The minimum Gasteiger partial charge on any atom is -0.351 e. The molecule has 2 aromatic rings. The average Bonchev–Trinajstić information content (AvgIpc) is 2.82. The molecule has 104 valence electrons. The number of rotatable bonds is 4. The van der Waals surface area contributed by atoms with E-state index in [0.717, 1.165) is 11.3 Å². The number of H-pyrrole nitrogens is 1. The molecule has 0 radical (unpaired) electrons. The number of nitrogens with zero attached hydrogens (tertiary/aromatic N) is 1. The van der Waals surface area contributed by atoms with Crippen LogP contribution in [-0.2, 0) is 6.54 Å². The van der Waals surface area contributed by atoms with Crippen LogP contribution in [0.25, 0.3) is 0 Å². The Kier molecular flexibility index (Phi) is 3.99. The summed E-state index contributed by atoms with van der Waals surface area (Å²) in [5.74, 6) is -0.198. The lowest BCUT2D eigenvalue weighted by Gasteiger charge is -2.06. The fourth-order valence-corrected chi connectivity index (χ4v) is 1.68. The molecule has 7 nitrogen and oxygen atoms in total. The standard InChI is InChI=1S/C13H15N5O2/c1-8-10(7-16-18-8)6-15-12(19)9-2-4-11(5-3-9)17-13(14)20/h2-5,7H,6H2,1H3,(H,15,19)(H,16,18)(H3,14,17,20). The van der Waals surface area contributed by atoms with Crippen molar-refractivity contribution >= 4 is 17.6 Å². The van der Waals surface area contributed by atoms with E-state index in [9.17, 15) is 9.59 Å². The van der Waals surface area contributed by atoms with Gasteiger partial charge in [0.15, 0.2) is 0 Å². The molecule has 1 aromatic heterocycles. The van der Waals surface area contributed by atoms with Gasteiger partial charge >= 0.3 is 6.03 Å². The first-order valence-electron chi connectivity index (χ1n) is 6.00. The number of aryl methyl sites for hydroxylation is 1. The van der Waals surface area contributed by atoms with Gasteiger partial charge in [-0.15, -0.1) is 0 Å². The highest BCUT2D eigenvalue weighted by Crippen LogP contribution is 2.09. The molecule has 0 saturated heterocycles. The van der Waals surface area contributed by atoms with Gasteiger partial charge in [-0.25, -0.2) is 4.79 Å². The third kappa shape index (κ3) is 3.35. The first-order chi connectivity index (χ1) is 9.56. The monoisotopic (exact) mass is 273 g/mol. The molecule has 0 aliphatic carbocycles. The lowest BCUT2D eigenvalue weighted by Crippen LogP contribution is -2.23. The summed E-state index contributed by atoms with van der Waals surface area (Å²) in [4.78, 5) is 22.6. The number of carbonyl (C=O) groups is 2. The number of nitrogens with two attached hydrogens (primary N) is 1. The Labute approximate surface area is 115 Å². The predicted octanol–water partition coefficient (Wildman–Crippen LogP) is 1.14. The van der Waals surface area contributed by atoms with Crippen LogP contribution in [-0.4, -0.2) is 22.1 Å². The third-order valence-corrected chi connectivity index (χ3v) is 2.79. The van der Waals surface area contributed by atoms with Crippen molar-refractivity contribution in [1.82, 2.24) is 15.5 Å². The molecule has 7 heteroatoms. The van der Waals surface area contributed by atoms with E-state index < -0.39 is 6.03 Å². The van der Waals surface area contributed by atoms with Crippen LogP contribution < -0.4 is 16.4 Å². The molecule has 5 N–H and O–H groups in total. The summed E-state index contributed by atoms with van der Waals surface area (Å²) in [6, 6.07) is 5.81. The molecule has 0 aliphatic rings. The third-order valence-electron chi connectivity index (χ3n) is 2.79. The summed E-state index contributed by atoms with van der Waals surface area (Å²) in [7, 11) is 0. The molecule has 0 bridgehead atoms. The van der Waals surface area contributed by atoms with Crippen molar-refractivity contribution in [1.29, 1.82) is 0 Å². The van der Waals surface area contributed by atoms with Crippen LogP contribution in [0.3, 0.4) is 0 Å². The number of aromatic nitrogens is 2. The van der Waals surface area contributed by atoms with Gasteiger partial charge in [-0.1, -0.05) is 0 Å².